The van der Waals surface area contributed by atoms with Crippen LogP contribution in [0.2, 0.25) is 0 Å². The van der Waals surface area contributed by atoms with Crippen LogP contribution >= 0.6 is 0 Å². The third-order valence-corrected chi connectivity index (χ3v) is 2.76. The highest BCUT2D eigenvalue weighted by atomic mass is 32.2. The van der Waals surface area contributed by atoms with Crippen molar-refractivity contribution < 1.29 is 22.5 Å². The Balaban J connectivity index is 3.19. The molecular formula is C10H13N2O5S-. The summed E-state index contributed by atoms with van der Waals surface area (Å²) in [6.07, 6.45) is 0. The number of methoxy groups -OCH3 is 1. The van der Waals surface area contributed by atoms with Gasteiger partial charge in [-0.15, -0.1) is 0 Å². The van der Waals surface area contributed by atoms with Crippen molar-refractivity contribution in [2.24, 2.45) is 5.73 Å². The van der Waals surface area contributed by atoms with E-state index in [9.17, 15) is 13.6 Å². The third kappa shape index (κ3) is 3.26. The molecule has 18 heavy (non-hydrogen) atoms. The molecule has 0 bridgehead atoms. The summed E-state index contributed by atoms with van der Waals surface area (Å²) < 4.78 is 30.1. The van der Waals surface area contributed by atoms with E-state index >= 15 is 0 Å². The number of anilines is 1. The second-order valence-electron chi connectivity index (χ2n) is 3.69. The molecule has 0 aliphatic rings. The molecule has 0 spiro atoms. The van der Waals surface area contributed by atoms with Crippen LogP contribution in [-0.2, 0) is 26.0 Å². The number of ether oxygens (including phenoxy) is 1. The number of hydrogen-bond acceptors (Lipinski definition) is 7. The first-order valence-electron chi connectivity index (χ1n) is 4.84. The topological polar surface area (TPSA) is 128 Å². The summed E-state index contributed by atoms with van der Waals surface area (Å²) in [5.74, 6) is -0.645. The third-order valence-electron chi connectivity index (χ3n) is 2.27. The molecular weight excluding hydrogens is 260 g/mol. The van der Waals surface area contributed by atoms with Crippen molar-refractivity contribution in [2.45, 2.75) is 12.6 Å². The Kier molecular flexibility index (Phi) is 4.41. The van der Waals surface area contributed by atoms with Gasteiger partial charge in [-0.3, -0.25) is 9.92 Å². The molecule has 4 N–H and O–H groups in total. The molecule has 0 aliphatic carbocycles. The number of hydrogen-bond donors (Lipinski definition) is 2. The zero-order chi connectivity index (χ0) is 13.9. The quantitative estimate of drug-likeness (QED) is 0.342. The molecule has 8 heteroatoms. The van der Waals surface area contributed by atoms with Gasteiger partial charge in [-0.2, -0.15) is 0 Å². The zero-order valence-corrected chi connectivity index (χ0v) is 10.7. The largest absolute Gasteiger partial charge is 0.750 e. The smallest absolute Gasteiger partial charge is 0.339 e. The lowest BCUT2D eigenvalue weighted by Crippen LogP contribution is -2.37. The highest BCUT2D eigenvalue weighted by Gasteiger charge is 2.25. The van der Waals surface area contributed by atoms with Crippen molar-refractivity contribution in [3.63, 3.8) is 0 Å². The maximum atomic E-state index is 11.4. The van der Waals surface area contributed by atoms with E-state index in [2.05, 4.69) is 8.92 Å². The lowest BCUT2D eigenvalue weighted by atomic mass is 10.0. The molecule has 2 unspecified atom stereocenters. The van der Waals surface area contributed by atoms with E-state index in [1.54, 1.807) is 0 Å². The first kappa shape index (κ1) is 14.6. The van der Waals surface area contributed by atoms with Crippen LogP contribution in [0.3, 0.4) is 0 Å². The van der Waals surface area contributed by atoms with Gasteiger partial charge in [0, 0.05) is 11.3 Å². The van der Waals surface area contributed by atoms with Crippen LogP contribution in [-0.4, -0.2) is 21.8 Å². The minimum absolute atomic E-state index is 0.0898. The summed E-state index contributed by atoms with van der Waals surface area (Å²) in [6, 6.07) is 4.21. The minimum atomic E-state index is -2.78. The molecule has 0 heterocycles. The van der Waals surface area contributed by atoms with Crippen molar-refractivity contribution >= 4 is 23.0 Å². The van der Waals surface area contributed by atoms with Crippen LogP contribution in [0, 0.1) is 0 Å². The van der Waals surface area contributed by atoms with Gasteiger partial charge in [0.15, 0.2) is 5.72 Å². The number of nitrogen functional groups attached to an aromatic ring is 1. The second kappa shape index (κ2) is 5.44. The van der Waals surface area contributed by atoms with Gasteiger partial charge in [0.05, 0.1) is 24.0 Å². The summed E-state index contributed by atoms with van der Waals surface area (Å²) >= 11 is -2.78. The predicted molar refractivity (Wildman–Crippen MR) is 63.7 cm³/mol. The molecule has 0 aromatic heterocycles. The molecule has 2 atom stereocenters. The first-order chi connectivity index (χ1) is 8.27. The van der Waals surface area contributed by atoms with Gasteiger partial charge in [-0.05, 0) is 19.1 Å². The maximum Gasteiger partial charge on any atom is 0.339 e. The summed E-state index contributed by atoms with van der Waals surface area (Å²) in [7, 11) is 1.21. The van der Waals surface area contributed by atoms with Gasteiger partial charge in [-0.25, -0.2) is 9.00 Å². The van der Waals surface area contributed by atoms with Crippen LogP contribution in [0.5, 0.6) is 0 Å². The lowest BCUT2D eigenvalue weighted by molar-refractivity contribution is 0.0601. The highest BCUT2D eigenvalue weighted by Crippen LogP contribution is 2.24. The van der Waals surface area contributed by atoms with E-state index in [-0.39, 0.29) is 16.8 Å². The highest BCUT2D eigenvalue weighted by molar-refractivity contribution is 7.74. The number of rotatable bonds is 4. The number of carbonyl (C=O) groups excluding carboxylic acids is 1. The average Bonchev–Trinajstić information content (AvgIpc) is 2.26. The van der Waals surface area contributed by atoms with Crippen LogP contribution in [0.15, 0.2) is 18.2 Å². The van der Waals surface area contributed by atoms with Crippen LogP contribution < -0.4 is 11.5 Å². The van der Waals surface area contributed by atoms with Gasteiger partial charge in [0.2, 0.25) is 0 Å². The van der Waals surface area contributed by atoms with E-state index in [1.165, 1.54) is 32.2 Å². The van der Waals surface area contributed by atoms with E-state index in [0.29, 0.717) is 0 Å². The Bertz CT molecular complexity index is 489. The number of benzene rings is 1. The summed E-state index contributed by atoms with van der Waals surface area (Å²) in [6.45, 7) is 1.34. The number of esters is 1. The number of nitrogens with two attached hydrogens (primary N) is 2. The SMILES string of the molecule is COC(=O)c1cc(C(C)(N)OS(=O)[O-])ccc1N. The van der Waals surface area contributed by atoms with Crippen molar-refractivity contribution in [3.8, 4) is 0 Å². The van der Waals surface area contributed by atoms with E-state index in [1.807, 2.05) is 0 Å². The molecule has 0 radical (unpaired) electrons. The number of carbonyl (C=O) groups is 1. The minimum Gasteiger partial charge on any atom is -0.750 e. The monoisotopic (exact) mass is 273 g/mol. The second-order valence-corrected chi connectivity index (χ2v) is 4.26. The Morgan fingerprint density at radius 1 is 1.50 bits per heavy atom. The van der Waals surface area contributed by atoms with Gasteiger partial charge in [0.25, 0.3) is 0 Å². The molecule has 0 saturated carbocycles. The Hall–Kier alpha value is -1.48. The van der Waals surface area contributed by atoms with E-state index in [0.717, 1.165) is 0 Å². The fourth-order valence-electron chi connectivity index (χ4n) is 1.34. The average molecular weight is 273 g/mol. The Labute approximate surface area is 107 Å². The molecule has 0 amide bonds. The molecule has 1 rings (SSSR count). The molecule has 0 aliphatic heterocycles. The van der Waals surface area contributed by atoms with Crippen molar-refractivity contribution in [1.82, 2.24) is 0 Å². The van der Waals surface area contributed by atoms with Crippen molar-refractivity contribution in [1.29, 1.82) is 0 Å². The molecule has 100 valence electrons. The molecule has 1 aromatic carbocycles. The Morgan fingerprint density at radius 2 is 2.11 bits per heavy atom. The maximum absolute atomic E-state index is 11.4. The summed E-state index contributed by atoms with van der Waals surface area (Å²) in [5.41, 5.74) is 10.3. The van der Waals surface area contributed by atoms with Gasteiger partial charge >= 0.3 is 5.97 Å². The molecule has 1 aromatic rings. The lowest BCUT2D eigenvalue weighted by Gasteiger charge is -2.26. The fourth-order valence-corrected chi connectivity index (χ4v) is 1.72. The molecule has 0 saturated heterocycles. The zero-order valence-electron chi connectivity index (χ0n) is 9.84. The van der Waals surface area contributed by atoms with Gasteiger partial charge < -0.3 is 15.0 Å². The summed E-state index contributed by atoms with van der Waals surface area (Å²) in [5, 5.41) is 0. The van der Waals surface area contributed by atoms with Crippen LogP contribution in [0.4, 0.5) is 5.69 Å². The van der Waals surface area contributed by atoms with E-state index in [4.69, 9.17) is 11.5 Å². The Morgan fingerprint density at radius 3 is 2.61 bits per heavy atom. The summed E-state index contributed by atoms with van der Waals surface area (Å²) in [4.78, 5) is 11.4. The van der Waals surface area contributed by atoms with Gasteiger partial charge in [-0.1, -0.05) is 6.07 Å². The van der Waals surface area contributed by atoms with E-state index < -0.39 is 23.1 Å². The van der Waals surface area contributed by atoms with Crippen molar-refractivity contribution in [3.05, 3.63) is 29.3 Å². The molecule has 0 fully saturated rings. The van der Waals surface area contributed by atoms with Crippen LogP contribution in [0.25, 0.3) is 0 Å². The van der Waals surface area contributed by atoms with Gasteiger partial charge in [0.1, 0.15) is 0 Å². The predicted octanol–water partition coefficient (Wildman–Crippen LogP) is -0.00250. The first-order valence-corrected chi connectivity index (χ1v) is 5.84. The van der Waals surface area contributed by atoms with Crippen LogP contribution in [0.1, 0.15) is 22.8 Å². The fraction of sp³-hybridized carbons (Fsp3) is 0.300. The van der Waals surface area contributed by atoms with Crippen molar-refractivity contribution in [2.75, 3.05) is 12.8 Å². The molecule has 7 nitrogen and oxygen atoms in total. The standard InChI is InChI=1S/C10H14N2O5S/c1-10(12,17-18(14)15)6-3-4-8(11)7(5-6)9(13)16-2/h3-5H,11-12H2,1-2H3,(H,14,15)/p-1. The normalized spacial score (nSPS) is 15.8.